The lowest BCUT2D eigenvalue weighted by atomic mass is 10.1. The van der Waals surface area contributed by atoms with Gasteiger partial charge in [0, 0.05) is 18.8 Å². The molecule has 20 heavy (non-hydrogen) atoms. The lowest BCUT2D eigenvalue weighted by Crippen LogP contribution is -2.46. The Kier molecular flexibility index (Phi) is 4.27. The Labute approximate surface area is 115 Å². The SMILES string of the molecule is CN1CCC[C@@H](NC(=O)c2ccc(C(F)(F)F)nc2)C1. The summed E-state index contributed by atoms with van der Waals surface area (Å²) in [6, 6.07) is 2.00. The van der Waals surface area contributed by atoms with Gasteiger partial charge in [-0.2, -0.15) is 13.2 Å². The van der Waals surface area contributed by atoms with Gasteiger partial charge in [0.1, 0.15) is 5.69 Å². The quantitative estimate of drug-likeness (QED) is 0.904. The van der Waals surface area contributed by atoms with Crippen molar-refractivity contribution in [2.45, 2.75) is 25.1 Å². The third kappa shape index (κ3) is 3.69. The van der Waals surface area contributed by atoms with Crippen LogP contribution in [0.15, 0.2) is 18.3 Å². The molecule has 0 spiro atoms. The number of carbonyl (C=O) groups excluding carboxylic acids is 1. The number of alkyl halides is 3. The molecule has 1 fully saturated rings. The largest absolute Gasteiger partial charge is 0.433 e. The maximum atomic E-state index is 12.4. The first-order valence-electron chi connectivity index (χ1n) is 6.39. The number of nitrogens with one attached hydrogen (secondary N) is 1. The first kappa shape index (κ1) is 14.8. The molecule has 110 valence electrons. The van der Waals surface area contributed by atoms with Crippen LogP contribution in [0.2, 0.25) is 0 Å². The van der Waals surface area contributed by atoms with Gasteiger partial charge in [0.15, 0.2) is 0 Å². The van der Waals surface area contributed by atoms with E-state index >= 15 is 0 Å². The monoisotopic (exact) mass is 287 g/mol. The minimum absolute atomic E-state index is 0.0311. The molecule has 0 radical (unpaired) electrons. The van der Waals surface area contributed by atoms with Crippen molar-refractivity contribution in [1.29, 1.82) is 0 Å². The van der Waals surface area contributed by atoms with Gasteiger partial charge in [-0.3, -0.25) is 9.78 Å². The molecule has 2 heterocycles. The molecule has 0 aromatic carbocycles. The van der Waals surface area contributed by atoms with Crippen LogP contribution in [0.1, 0.15) is 28.9 Å². The van der Waals surface area contributed by atoms with E-state index in [0.29, 0.717) is 0 Å². The highest BCUT2D eigenvalue weighted by Crippen LogP contribution is 2.27. The van der Waals surface area contributed by atoms with Gasteiger partial charge in [-0.1, -0.05) is 0 Å². The van der Waals surface area contributed by atoms with Crippen molar-refractivity contribution >= 4 is 5.91 Å². The second-order valence-corrected chi connectivity index (χ2v) is 5.00. The zero-order valence-electron chi connectivity index (χ0n) is 11.1. The standard InChI is InChI=1S/C13H16F3N3O/c1-19-6-2-3-10(8-19)18-12(20)9-4-5-11(17-7-9)13(14,15)16/h4-5,7,10H,2-3,6,8H2,1H3,(H,18,20)/t10-/m1/s1. The highest BCUT2D eigenvalue weighted by molar-refractivity contribution is 5.94. The Balaban J connectivity index is 1.99. The number of likely N-dealkylation sites (tertiary alicyclic amines) is 1. The van der Waals surface area contributed by atoms with Crippen LogP contribution in [0.3, 0.4) is 0 Å². The van der Waals surface area contributed by atoms with Crippen LogP contribution in [0.5, 0.6) is 0 Å². The number of carbonyl (C=O) groups is 1. The molecule has 1 aliphatic heterocycles. The molecule has 1 aromatic rings. The molecular formula is C13H16F3N3O. The number of rotatable bonds is 2. The van der Waals surface area contributed by atoms with E-state index in [0.717, 1.165) is 44.3 Å². The molecule has 0 unspecified atom stereocenters. The fraction of sp³-hybridized carbons (Fsp3) is 0.538. The van der Waals surface area contributed by atoms with Crippen molar-refractivity contribution in [3.63, 3.8) is 0 Å². The van der Waals surface area contributed by atoms with E-state index < -0.39 is 11.9 Å². The molecule has 7 heteroatoms. The van der Waals surface area contributed by atoms with Gasteiger partial charge in [-0.15, -0.1) is 0 Å². The number of aromatic nitrogens is 1. The van der Waals surface area contributed by atoms with Crippen molar-refractivity contribution in [3.05, 3.63) is 29.6 Å². The summed E-state index contributed by atoms with van der Waals surface area (Å²) in [4.78, 5) is 17.3. The Bertz CT molecular complexity index is 473. The predicted molar refractivity (Wildman–Crippen MR) is 67.2 cm³/mol. The minimum Gasteiger partial charge on any atom is -0.348 e. The zero-order chi connectivity index (χ0) is 14.8. The molecule has 1 aliphatic rings. The predicted octanol–water partition coefficient (Wildman–Crippen LogP) is 1.92. The molecular weight excluding hydrogens is 271 g/mol. The van der Waals surface area contributed by atoms with Crippen molar-refractivity contribution in [2.75, 3.05) is 20.1 Å². The number of pyridine rings is 1. The van der Waals surface area contributed by atoms with Gasteiger partial charge in [0.05, 0.1) is 5.56 Å². The number of likely N-dealkylation sites (N-methyl/N-ethyl adjacent to an activating group) is 1. The third-order valence-electron chi connectivity index (χ3n) is 3.28. The normalized spacial score (nSPS) is 20.7. The van der Waals surface area contributed by atoms with Crippen LogP contribution in [0.25, 0.3) is 0 Å². The second kappa shape index (κ2) is 5.78. The molecule has 2 rings (SSSR count). The summed E-state index contributed by atoms with van der Waals surface area (Å²) in [5, 5.41) is 2.82. The third-order valence-corrected chi connectivity index (χ3v) is 3.28. The fourth-order valence-electron chi connectivity index (χ4n) is 2.25. The highest BCUT2D eigenvalue weighted by Gasteiger charge is 2.32. The second-order valence-electron chi connectivity index (χ2n) is 5.00. The lowest BCUT2D eigenvalue weighted by Gasteiger charge is -2.30. The first-order chi connectivity index (χ1) is 9.36. The number of amides is 1. The molecule has 1 amide bonds. The van der Waals surface area contributed by atoms with Gasteiger partial charge < -0.3 is 10.2 Å². The lowest BCUT2D eigenvalue weighted by molar-refractivity contribution is -0.141. The van der Waals surface area contributed by atoms with E-state index in [1.54, 1.807) is 0 Å². The van der Waals surface area contributed by atoms with E-state index in [-0.39, 0.29) is 17.5 Å². The molecule has 1 N–H and O–H groups in total. The van der Waals surface area contributed by atoms with Crippen LogP contribution in [-0.2, 0) is 6.18 Å². The Morgan fingerprint density at radius 3 is 2.75 bits per heavy atom. The van der Waals surface area contributed by atoms with E-state index in [2.05, 4.69) is 15.2 Å². The Morgan fingerprint density at radius 1 is 1.45 bits per heavy atom. The zero-order valence-corrected chi connectivity index (χ0v) is 11.1. The minimum atomic E-state index is -4.49. The van der Waals surface area contributed by atoms with Crippen LogP contribution < -0.4 is 5.32 Å². The van der Waals surface area contributed by atoms with E-state index in [1.807, 2.05) is 7.05 Å². The summed E-state index contributed by atoms with van der Waals surface area (Å²) in [7, 11) is 1.97. The van der Waals surface area contributed by atoms with Gasteiger partial charge in [0.2, 0.25) is 0 Å². The molecule has 1 saturated heterocycles. The molecule has 4 nitrogen and oxygen atoms in total. The number of hydrogen-bond donors (Lipinski definition) is 1. The Morgan fingerprint density at radius 2 is 2.20 bits per heavy atom. The summed E-state index contributed by atoms with van der Waals surface area (Å²) in [5.74, 6) is -0.383. The maximum Gasteiger partial charge on any atom is 0.433 e. The van der Waals surface area contributed by atoms with Crippen molar-refractivity contribution in [2.24, 2.45) is 0 Å². The molecule has 0 bridgehead atoms. The number of hydrogen-bond acceptors (Lipinski definition) is 3. The van der Waals surface area contributed by atoms with Crippen molar-refractivity contribution in [1.82, 2.24) is 15.2 Å². The number of halogens is 3. The van der Waals surface area contributed by atoms with E-state index in [1.165, 1.54) is 0 Å². The summed E-state index contributed by atoms with van der Waals surface area (Å²) < 4.78 is 37.1. The molecule has 0 saturated carbocycles. The van der Waals surface area contributed by atoms with Gasteiger partial charge in [-0.05, 0) is 38.6 Å². The van der Waals surface area contributed by atoms with Gasteiger partial charge in [0.25, 0.3) is 5.91 Å². The smallest absolute Gasteiger partial charge is 0.348 e. The first-order valence-corrected chi connectivity index (χ1v) is 6.39. The molecule has 1 atom stereocenters. The maximum absolute atomic E-state index is 12.4. The van der Waals surface area contributed by atoms with Crippen molar-refractivity contribution in [3.8, 4) is 0 Å². The number of nitrogens with zero attached hydrogens (tertiary/aromatic N) is 2. The Hall–Kier alpha value is -1.63. The molecule has 0 aliphatic carbocycles. The summed E-state index contributed by atoms with van der Waals surface area (Å²) in [6.45, 7) is 1.74. The van der Waals surface area contributed by atoms with Crippen LogP contribution >= 0.6 is 0 Å². The van der Waals surface area contributed by atoms with E-state index in [9.17, 15) is 18.0 Å². The summed E-state index contributed by atoms with van der Waals surface area (Å²) in [6.07, 6.45) is -1.65. The summed E-state index contributed by atoms with van der Waals surface area (Å²) in [5.41, 5.74) is -0.849. The summed E-state index contributed by atoms with van der Waals surface area (Å²) >= 11 is 0. The number of piperidine rings is 1. The average molecular weight is 287 g/mol. The molecule has 1 aromatic heterocycles. The van der Waals surface area contributed by atoms with Gasteiger partial charge >= 0.3 is 6.18 Å². The average Bonchev–Trinajstić information content (AvgIpc) is 2.38. The van der Waals surface area contributed by atoms with Gasteiger partial charge in [-0.25, -0.2) is 0 Å². The van der Waals surface area contributed by atoms with Crippen molar-refractivity contribution < 1.29 is 18.0 Å². The van der Waals surface area contributed by atoms with Crippen LogP contribution in [0.4, 0.5) is 13.2 Å². The van der Waals surface area contributed by atoms with Crippen LogP contribution in [-0.4, -0.2) is 42.0 Å². The van der Waals surface area contributed by atoms with E-state index in [4.69, 9.17) is 0 Å². The topological polar surface area (TPSA) is 45.2 Å². The fourth-order valence-corrected chi connectivity index (χ4v) is 2.25. The van der Waals surface area contributed by atoms with Crippen LogP contribution in [0, 0.1) is 0 Å². The highest BCUT2D eigenvalue weighted by atomic mass is 19.4.